The molecule has 10 heteroatoms. The lowest BCUT2D eigenvalue weighted by Crippen LogP contribution is -2.43. The van der Waals surface area contributed by atoms with E-state index in [9.17, 15) is 15.3 Å². The molecule has 4 atom stereocenters. The van der Waals surface area contributed by atoms with Gasteiger partial charge in [-0.15, -0.1) is 0 Å². The zero-order valence-corrected chi connectivity index (χ0v) is 12.0. The van der Waals surface area contributed by atoms with E-state index in [1.807, 2.05) is 0 Å². The van der Waals surface area contributed by atoms with Gasteiger partial charge in [0, 0.05) is 0 Å². The zero-order valence-electron chi connectivity index (χ0n) is 12.0. The minimum Gasteiger partial charge on any atom is -0.476 e. The lowest BCUT2D eigenvalue weighted by molar-refractivity contribution is -0.141. The average Bonchev–Trinajstić information content (AvgIpc) is 2.94. The normalized spacial score (nSPS) is 31.8. The molecule has 0 spiro atoms. The van der Waals surface area contributed by atoms with Gasteiger partial charge in [0.2, 0.25) is 11.8 Å². The van der Waals surface area contributed by atoms with Gasteiger partial charge >= 0.3 is 0 Å². The van der Waals surface area contributed by atoms with E-state index in [1.54, 1.807) is 6.92 Å². The topological polar surface area (TPSA) is 149 Å². The SMILES string of the molecule is CCOc1nc(N)nc2c1ncn2[C@@H]1OC(O)[C@@H](O)[C@@]1(C)O. The summed E-state index contributed by atoms with van der Waals surface area (Å²) in [4.78, 5) is 12.2. The number of nitrogens with zero attached hydrogens (tertiary/aromatic N) is 4. The predicted molar refractivity (Wildman–Crippen MR) is 73.7 cm³/mol. The van der Waals surface area contributed by atoms with Gasteiger partial charge in [0.15, 0.2) is 23.7 Å². The monoisotopic (exact) mass is 311 g/mol. The van der Waals surface area contributed by atoms with E-state index >= 15 is 0 Å². The number of imidazole rings is 1. The second-order valence-corrected chi connectivity index (χ2v) is 5.19. The van der Waals surface area contributed by atoms with Crippen molar-refractivity contribution in [3.05, 3.63) is 6.33 Å². The number of aliphatic hydroxyl groups is 3. The Hall–Kier alpha value is -2.01. The van der Waals surface area contributed by atoms with Gasteiger partial charge in [-0.1, -0.05) is 0 Å². The first-order chi connectivity index (χ1) is 10.4. The number of anilines is 1. The first-order valence-electron chi connectivity index (χ1n) is 6.73. The first-order valence-corrected chi connectivity index (χ1v) is 6.73. The van der Waals surface area contributed by atoms with Crippen LogP contribution in [0.2, 0.25) is 0 Å². The van der Waals surface area contributed by atoms with Crippen LogP contribution >= 0.6 is 0 Å². The van der Waals surface area contributed by atoms with Crippen LogP contribution in [-0.4, -0.2) is 59.4 Å². The van der Waals surface area contributed by atoms with Crippen molar-refractivity contribution >= 4 is 17.1 Å². The highest BCUT2D eigenvalue weighted by Gasteiger charge is 2.53. The minimum absolute atomic E-state index is 0.0311. The van der Waals surface area contributed by atoms with Crippen molar-refractivity contribution in [2.24, 2.45) is 0 Å². The van der Waals surface area contributed by atoms with Crippen molar-refractivity contribution < 1.29 is 24.8 Å². The molecule has 2 aromatic rings. The van der Waals surface area contributed by atoms with Gasteiger partial charge in [0.25, 0.3) is 0 Å². The molecule has 2 aromatic heterocycles. The summed E-state index contributed by atoms with van der Waals surface area (Å²) in [5.41, 5.74) is 4.53. The first kappa shape index (κ1) is 14.9. The molecule has 0 saturated carbocycles. The van der Waals surface area contributed by atoms with Crippen LogP contribution in [-0.2, 0) is 4.74 Å². The lowest BCUT2D eigenvalue weighted by Gasteiger charge is -2.26. The van der Waals surface area contributed by atoms with Gasteiger partial charge in [-0.2, -0.15) is 9.97 Å². The summed E-state index contributed by atoms with van der Waals surface area (Å²) in [6, 6.07) is 0. The summed E-state index contributed by atoms with van der Waals surface area (Å²) >= 11 is 0. The van der Waals surface area contributed by atoms with E-state index < -0.39 is 24.2 Å². The molecule has 0 aromatic carbocycles. The quantitative estimate of drug-likeness (QED) is 0.546. The molecule has 5 N–H and O–H groups in total. The van der Waals surface area contributed by atoms with Crippen LogP contribution in [0.1, 0.15) is 20.1 Å². The maximum Gasteiger partial charge on any atom is 0.247 e. The number of rotatable bonds is 3. The predicted octanol–water partition coefficient (Wildman–Crippen LogP) is -1.23. The van der Waals surface area contributed by atoms with Gasteiger partial charge in [0.1, 0.15) is 11.7 Å². The fraction of sp³-hybridized carbons (Fsp3) is 0.583. The third-order valence-electron chi connectivity index (χ3n) is 3.58. The summed E-state index contributed by atoms with van der Waals surface area (Å²) in [6.07, 6.45) is -2.74. The fourth-order valence-corrected chi connectivity index (χ4v) is 2.44. The van der Waals surface area contributed by atoms with Crippen molar-refractivity contribution in [2.45, 2.75) is 38.1 Å². The Balaban J connectivity index is 2.13. The van der Waals surface area contributed by atoms with Crippen molar-refractivity contribution in [1.29, 1.82) is 0 Å². The molecule has 10 nitrogen and oxygen atoms in total. The molecule has 1 fully saturated rings. The Morgan fingerprint density at radius 3 is 2.77 bits per heavy atom. The molecule has 1 unspecified atom stereocenters. The number of fused-ring (bicyclic) bond motifs is 1. The van der Waals surface area contributed by atoms with Crippen LogP contribution in [0.3, 0.4) is 0 Å². The van der Waals surface area contributed by atoms with E-state index in [4.69, 9.17) is 15.2 Å². The average molecular weight is 311 g/mol. The van der Waals surface area contributed by atoms with E-state index in [2.05, 4.69) is 15.0 Å². The Labute approximate surface area is 125 Å². The number of hydrogen-bond donors (Lipinski definition) is 4. The second-order valence-electron chi connectivity index (χ2n) is 5.19. The number of nitrogen functional groups attached to an aromatic ring is 1. The van der Waals surface area contributed by atoms with E-state index in [0.29, 0.717) is 12.1 Å². The maximum absolute atomic E-state index is 10.4. The Kier molecular flexibility index (Phi) is 3.40. The fourth-order valence-electron chi connectivity index (χ4n) is 2.44. The van der Waals surface area contributed by atoms with E-state index in [-0.39, 0.29) is 17.5 Å². The summed E-state index contributed by atoms with van der Waals surface area (Å²) in [5, 5.41) is 29.8. The van der Waals surface area contributed by atoms with Crippen LogP contribution in [0, 0.1) is 0 Å². The largest absolute Gasteiger partial charge is 0.476 e. The maximum atomic E-state index is 10.4. The molecule has 1 aliphatic heterocycles. The molecular weight excluding hydrogens is 294 g/mol. The highest BCUT2D eigenvalue weighted by molar-refractivity contribution is 5.77. The number of hydrogen-bond acceptors (Lipinski definition) is 9. The molecule has 3 rings (SSSR count). The molecular formula is C12H17N5O5. The lowest BCUT2D eigenvalue weighted by atomic mass is 9.99. The Morgan fingerprint density at radius 2 is 2.18 bits per heavy atom. The van der Waals surface area contributed by atoms with E-state index in [0.717, 1.165) is 0 Å². The molecule has 22 heavy (non-hydrogen) atoms. The van der Waals surface area contributed by atoms with E-state index in [1.165, 1.54) is 17.8 Å². The van der Waals surface area contributed by atoms with Gasteiger partial charge in [0.05, 0.1) is 12.9 Å². The molecule has 3 heterocycles. The second kappa shape index (κ2) is 5.02. The van der Waals surface area contributed by atoms with Gasteiger partial charge in [-0.25, -0.2) is 4.98 Å². The third kappa shape index (κ3) is 2.08. The summed E-state index contributed by atoms with van der Waals surface area (Å²) in [6.45, 7) is 3.50. The van der Waals surface area contributed by atoms with Crippen LogP contribution in [0.15, 0.2) is 6.33 Å². The van der Waals surface area contributed by atoms with Crippen molar-refractivity contribution in [3.8, 4) is 5.88 Å². The minimum atomic E-state index is -1.74. The molecule has 1 aliphatic rings. The molecule has 0 amide bonds. The highest BCUT2D eigenvalue weighted by atomic mass is 16.7. The molecule has 0 radical (unpaired) electrons. The van der Waals surface area contributed by atoms with Crippen LogP contribution in [0.5, 0.6) is 5.88 Å². The van der Waals surface area contributed by atoms with Gasteiger partial charge in [-0.3, -0.25) is 4.57 Å². The molecule has 0 aliphatic carbocycles. The molecule has 0 bridgehead atoms. The molecule has 120 valence electrons. The van der Waals surface area contributed by atoms with Crippen LogP contribution in [0.4, 0.5) is 5.95 Å². The standard InChI is InChI=1S/C12H17N5O5/c1-3-21-8-5-7(15-11(13)16-8)17(4-14-5)10-12(2,20)6(18)9(19)22-10/h4,6,9-10,18-20H,3H2,1-2H3,(H2,13,15,16)/t6-,9?,10-,12-/m1/s1. The Morgan fingerprint density at radius 1 is 1.45 bits per heavy atom. The highest BCUT2D eigenvalue weighted by Crippen LogP contribution is 2.39. The summed E-state index contributed by atoms with van der Waals surface area (Å²) in [7, 11) is 0. The van der Waals surface area contributed by atoms with Crippen molar-refractivity contribution in [2.75, 3.05) is 12.3 Å². The number of nitrogens with two attached hydrogens (primary N) is 1. The summed E-state index contributed by atoms with van der Waals surface area (Å²) < 4.78 is 11.9. The smallest absolute Gasteiger partial charge is 0.247 e. The van der Waals surface area contributed by atoms with Crippen LogP contribution < -0.4 is 10.5 Å². The van der Waals surface area contributed by atoms with Crippen molar-refractivity contribution in [3.63, 3.8) is 0 Å². The number of aromatic nitrogens is 4. The van der Waals surface area contributed by atoms with Crippen molar-refractivity contribution in [1.82, 2.24) is 19.5 Å². The van der Waals surface area contributed by atoms with Crippen LogP contribution in [0.25, 0.3) is 11.2 Å². The third-order valence-corrected chi connectivity index (χ3v) is 3.58. The Bertz CT molecular complexity index is 703. The number of ether oxygens (including phenoxy) is 2. The summed E-state index contributed by atoms with van der Waals surface area (Å²) in [5.74, 6) is 0.180. The molecule has 1 saturated heterocycles. The van der Waals surface area contributed by atoms with Gasteiger partial charge < -0.3 is 30.5 Å². The zero-order chi connectivity index (χ0) is 16.1. The number of aliphatic hydroxyl groups excluding tert-OH is 2. The van der Waals surface area contributed by atoms with Gasteiger partial charge in [-0.05, 0) is 13.8 Å².